The van der Waals surface area contributed by atoms with Crippen LogP contribution in [0.2, 0.25) is 0 Å². The van der Waals surface area contributed by atoms with Gasteiger partial charge in [-0.2, -0.15) is 5.10 Å². The average Bonchev–Trinajstić information content (AvgIpc) is 2.39. The van der Waals surface area contributed by atoms with Gasteiger partial charge in [-0.3, -0.25) is 5.43 Å². The SMILES string of the molecule is CCOC(=O)c1cc2c3c(cccc3c1)NN=C2. The number of anilines is 1. The molecular formula is C14H12N2O2. The van der Waals surface area contributed by atoms with Gasteiger partial charge in [0.2, 0.25) is 0 Å². The fourth-order valence-corrected chi connectivity index (χ4v) is 2.16. The van der Waals surface area contributed by atoms with Crippen molar-refractivity contribution in [2.75, 3.05) is 12.0 Å². The van der Waals surface area contributed by atoms with Gasteiger partial charge in [-0.15, -0.1) is 0 Å². The van der Waals surface area contributed by atoms with Gasteiger partial charge in [0.25, 0.3) is 0 Å². The summed E-state index contributed by atoms with van der Waals surface area (Å²) in [7, 11) is 0. The molecule has 2 aromatic rings. The van der Waals surface area contributed by atoms with E-state index in [1.165, 1.54) is 0 Å². The van der Waals surface area contributed by atoms with Crippen molar-refractivity contribution in [3.63, 3.8) is 0 Å². The van der Waals surface area contributed by atoms with E-state index < -0.39 is 0 Å². The van der Waals surface area contributed by atoms with Crippen molar-refractivity contribution in [3.8, 4) is 0 Å². The van der Waals surface area contributed by atoms with E-state index in [2.05, 4.69) is 10.5 Å². The first kappa shape index (κ1) is 10.8. The summed E-state index contributed by atoms with van der Waals surface area (Å²) >= 11 is 0. The van der Waals surface area contributed by atoms with Crippen LogP contribution in [0.4, 0.5) is 5.69 Å². The van der Waals surface area contributed by atoms with E-state index in [1.54, 1.807) is 13.1 Å². The van der Waals surface area contributed by atoms with Gasteiger partial charge in [-0.05, 0) is 30.5 Å². The minimum atomic E-state index is -0.298. The normalized spacial score (nSPS) is 12.3. The molecule has 0 unspecified atom stereocenters. The van der Waals surface area contributed by atoms with E-state index in [4.69, 9.17) is 4.74 Å². The summed E-state index contributed by atoms with van der Waals surface area (Å²) in [4.78, 5) is 11.8. The largest absolute Gasteiger partial charge is 0.462 e. The maximum absolute atomic E-state index is 11.8. The highest BCUT2D eigenvalue weighted by Crippen LogP contribution is 2.30. The van der Waals surface area contributed by atoms with E-state index in [0.29, 0.717) is 12.2 Å². The highest BCUT2D eigenvalue weighted by Gasteiger charge is 2.14. The van der Waals surface area contributed by atoms with Crippen molar-refractivity contribution in [2.45, 2.75) is 6.92 Å². The average molecular weight is 240 g/mol. The molecule has 1 heterocycles. The summed E-state index contributed by atoms with van der Waals surface area (Å²) in [6.07, 6.45) is 1.72. The van der Waals surface area contributed by atoms with Crippen molar-refractivity contribution in [1.82, 2.24) is 0 Å². The summed E-state index contributed by atoms with van der Waals surface area (Å²) < 4.78 is 5.03. The second kappa shape index (κ2) is 4.14. The van der Waals surface area contributed by atoms with Gasteiger partial charge >= 0.3 is 5.97 Å². The fraction of sp³-hybridized carbons (Fsp3) is 0.143. The van der Waals surface area contributed by atoms with E-state index in [9.17, 15) is 4.79 Å². The Morgan fingerprint density at radius 1 is 1.39 bits per heavy atom. The van der Waals surface area contributed by atoms with Crippen LogP contribution in [0, 0.1) is 0 Å². The predicted octanol–water partition coefficient (Wildman–Crippen LogP) is 2.78. The highest BCUT2D eigenvalue weighted by atomic mass is 16.5. The molecule has 3 rings (SSSR count). The molecule has 1 aliphatic heterocycles. The minimum Gasteiger partial charge on any atom is -0.462 e. The zero-order chi connectivity index (χ0) is 12.5. The van der Waals surface area contributed by atoms with Gasteiger partial charge in [-0.25, -0.2) is 4.79 Å². The summed E-state index contributed by atoms with van der Waals surface area (Å²) in [5.41, 5.74) is 5.41. The summed E-state index contributed by atoms with van der Waals surface area (Å²) in [5, 5.41) is 6.15. The second-order valence-corrected chi connectivity index (χ2v) is 4.06. The van der Waals surface area contributed by atoms with Crippen molar-refractivity contribution in [2.24, 2.45) is 5.10 Å². The molecule has 0 fully saturated rings. The monoisotopic (exact) mass is 240 g/mol. The van der Waals surface area contributed by atoms with Crippen molar-refractivity contribution in [3.05, 3.63) is 41.5 Å². The predicted molar refractivity (Wildman–Crippen MR) is 71.1 cm³/mol. The maximum atomic E-state index is 11.8. The number of nitrogens with one attached hydrogen (secondary N) is 1. The Kier molecular flexibility index (Phi) is 2.48. The lowest BCUT2D eigenvalue weighted by Crippen LogP contribution is -2.07. The molecule has 2 aromatic carbocycles. The number of benzene rings is 2. The number of hydrogen-bond donors (Lipinski definition) is 1. The third kappa shape index (κ3) is 1.62. The van der Waals surface area contributed by atoms with Crippen LogP contribution in [-0.4, -0.2) is 18.8 Å². The Hall–Kier alpha value is -2.36. The Bertz CT molecular complexity index is 662. The number of hydrazone groups is 1. The maximum Gasteiger partial charge on any atom is 0.338 e. The summed E-state index contributed by atoms with van der Waals surface area (Å²) in [5.74, 6) is -0.298. The number of carbonyl (C=O) groups excluding carboxylic acids is 1. The molecule has 1 aliphatic rings. The zero-order valence-corrected chi connectivity index (χ0v) is 9.93. The molecule has 18 heavy (non-hydrogen) atoms. The van der Waals surface area contributed by atoms with Gasteiger partial charge in [0.05, 0.1) is 24.1 Å². The molecule has 0 bridgehead atoms. The topological polar surface area (TPSA) is 50.7 Å². The number of carbonyl (C=O) groups is 1. The van der Waals surface area contributed by atoms with Gasteiger partial charge in [0.15, 0.2) is 0 Å². The van der Waals surface area contributed by atoms with Crippen LogP contribution >= 0.6 is 0 Å². The molecule has 0 amide bonds. The molecule has 0 saturated heterocycles. The van der Waals surface area contributed by atoms with Crippen molar-refractivity contribution < 1.29 is 9.53 Å². The lowest BCUT2D eigenvalue weighted by molar-refractivity contribution is 0.0526. The molecule has 1 N–H and O–H groups in total. The smallest absolute Gasteiger partial charge is 0.338 e. The van der Waals surface area contributed by atoms with E-state index in [1.807, 2.05) is 30.3 Å². The molecule has 0 saturated carbocycles. The van der Waals surface area contributed by atoms with E-state index in [-0.39, 0.29) is 5.97 Å². The fourth-order valence-electron chi connectivity index (χ4n) is 2.16. The van der Waals surface area contributed by atoms with Crippen LogP contribution < -0.4 is 5.43 Å². The van der Waals surface area contributed by atoms with Gasteiger partial charge in [-0.1, -0.05) is 12.1 Å². The minimum absolute atomic E-state index is 0.298. The van der Waals surface area contributed by atoms with Crippen molar-refractivity contribution >= 4 is 28.6 Å². The zero-order valence-electron chi connectivity index (χ0n) is 9.93. The first-order valence-corrected chi connectivity index (χ1v) is 5.82. The Balaban J connectivity index is 2.22. The molecule has 0 aromatic heterocycles. The molecule has 0 aliphatic carbocycles. The van der Waals surface area contributed by atoms with E-state index >= 15 is 0 Å². The van der Waals surface area contributed by atoms with Gasteiger partial charge in [0, 0.05) is 10.9 Å². The number of hydrogen-bond acceptors (Lipinski definition) is 4. The van der Waals surface area contributed by atoms with Crippen LogP contribution in [0.25, 0.3) is 10.8 Å². The van der Waals surface area contributed by atoms with Crippen LogP contribution in [-0.2, 0) is 4.74 Å². The van der Waals surface area contributed by atoms with E-state index in [0.717, 1.165) is 22.0 Å². The van der Waals surface area contributed by atoms with Crippen molar-refractivity contribution in [1.29, 1.82) is 0 Å². The third-order valence-electron chi connectivity index (χ3n) is 2.91. The molecule has 0 atom stereocenters. The molecule has 90 valence electrons. The van der Waals surface area contributed by atoms with Crippen LogP contribution in [0.15, 0.2) is 35.4 Å². The number of esters is 1. The first-order chi connectivity index (χ1) is 8.79. The van der Waals surface area contributed by atoms with Gasteiger partial charge in [0.1, 0.15) is 0 Å². The molecule has 4 nitrogen and oxygen atoms in total. The Morgan fingerprint density at radius 2 is 2.28 bits per heavy atom. The number of nitrogens with zero attached hydrogens (tertiary/aromatic N) is 1. The highest BCUT2D eigenvalue weighted by molar-refractivity contribution is 6.11. The third-order valence-corrected chi connectivity index (χ3v) is 2.91. The molecular weight excluding hydrogens is 228 g/mol. The quantitative estimate of drug-likeness (QED) is 0.821. The van der Waals surface area contributed by atoms with Crippen LogP contribution in [0.5, 0.6) is 0 Å². The summed E-state index contributed by atoms with van der Waals surface area (Å²) in [6, 6.07) is 9.54. The Labute approximate surface area is 104 Å². The number of rotatable bonds is 2. The van der Waals surface area contributed by atoms with Gasteiger partial charge < -0.3 is 4.74 Å². The Morgan fingerprint density at radius 3 is 3.11 bits per heavy atom. The lowest BCUT2D eigenvalue weighted by Gasteiger charge is -2.14. The molecule has 4 heteroatoms. The molecule has 0 radical (unpaired) electrons. The number of ether oxygens (including phenoxy) is 1. The van der Waals surface area contributed by atoms with Crippen LogP contribution in [0.1, 0.15) is 22.8 Å². The summed E-state index contributed by atoms with van der Waals surface area (Å²) in [6.45, 7) is 2.17. The first-order valence-electron chi connectivity index (χ1n) is 5.82. The molecule has 0 spiro atoms. The second-order valence-electron chi connectivity index (χ2n) is 4.06. The standard InChI is InChI=1S/C14H12N2O2/c1-2-18-14(17)10-6-9-4-3-5-12-13(9)11(7-10)8-15-16-12/h3-8,16H,2H2,1H3. The lowest BCUT2D eigenvalue weighted by atomic mass is 9.99. The van der Waals surface area contributed by atoms with Crippen LogP contribution in [0.3, 0.4) is 0 Å².